The zero-order chi connectivity index (χ0) is 17.3. The van der Waals surface area contributed by atoms with Crippen molar-refractivity contribution in [3.05, 3.63) is 54.0 Å². The summed E-state index contributed by atoms with van der Waals surface area (Å²) in [5.41, 5.74) is 1.28. The molecule has 1 N–H and O–H groups in total. The molecule has 136 valence electrons. The number of hydrogen-bond donors (Lipinski definition) is 1. The van der Waals surface area contributed by atoms with Crippen molar-refractivity contribution in [2.24, 2.45) is 0 Å². The molecule has 2 heterocycles. The number of benzene rings is 1. The molecule has 4 nitrogen and oxygen atoms in total. The van der Waals surface area contributed by atoms with Crippen molar-refractivity contribution in [2.75, 3.05) is 26.2 Å². The highest BCUT2D eigenvalue weighted by Crippen LogP contribution is 2.24. The Bertz CT molecular complexity index is 589. The van der Waals surface area contributed by atoms with Gasteiger partial charge in [0, 0.05) is 13.1 Å². The van der Waals surface area contributed by atoms with Gasteiger partial charge in [-0.1, -0.05) is 25.5 Å². The molecule has 4 heteroatoms. The van der Waals surface area contributed by atoms with Crippen LogP contribution in [0.25, 0.3) is 0 Å². The molecule has 1 saturated heterocycles. The van der Waals surface area contributed by atoms with E-state index in [2.05, 4.69) is 47.5 Å². The summed E-state index contributed by atoms with van der Waals surface area (Å²) in [6, 6.07) is 12.8. The number of ether oxygens (including phenoxy) is 1. The average Bonchev–Trinajstić information content (AvgIpc) is 3.19. The van der Waals surface area contributed by atoms with Crippen molar-refractivity contribution in [1.82, 2.24) is 10.2 Å². The smallest absolute Gasteiger partial charge is 0.122 e. The highest BCUT2D eigenvalue weighted by atomic mass is 16.5. The Balaban J connectivity index is 1.52. The first-order valence-corrected chi connectivity index (χ1v) is 9.56. The zero-order valence-corrected chi connectivity index (χ0v) is 15.2. The SMILES string of the molecule is CCCOc1ccc(CNCC(c2ccco2)N2CCCCC2)cc1. The third-order valence-corrected chi connectivity index (χ3v) is 4.77. The fourth-order valence-corrected chi connectivity index (χ4v) is 3.40. The first-order valence-electron chi connectivity index (χ1n) is 9.56. The Hall–Kier alpha value is -1.78. The van der Waals surface area contributed by atoms with Crippen LogP contribution in [0, 0.1) is 0 Å². The Kier molecular flexibility index (Phi) is 6.95. The van der Waals surface area contributed by atoms with Gasteiger partial charge in [0.1, 0.15) is 11.5 Å². The largest absolute Gasteiger partial charge is 0.494 e. The first-order chi connectivity index (χ1) is 12.4. The molecule has 1 aromatic carbocycles. The van der Waals surface area contributed by atoms with Crippen molar-refractivity contribution in [2.45, 2.75) is 45.2 Å². The maximum atomic E-state index is 5.71. The summed E-state index contributed by atoms with van der Waals surface area (Å²) in [4.78, 5) is 2.55. The number of nitrogens with one attached hydrogen (secondary N) is 1. The second-order valence-electron chi connectivity index (χ2n) is 6.75. The van der Waals surface area contributed by atoms with Crippen molar-refractivity contribution >= 4 is 0 Å². The Morgan fingerprint density at radius 2 is 1.92 bits per heavy atom. The van der Waals surface area contributed by atoms with Crippen molar-refractivity contribution in [1.29, 1.82) is 0 Å². The molecule has 0 saturated carbocycles. The summed E-state index contributed by atoms with van der Waals surface area (Å²) in [6.45, 7) is 6.99. The lowest BCUT2D eigenvalue weighted by molar-refractivity contribution is 0.142. The van der Waals surface area contributed by atoms with Crippen LogP contribution in [0.1, 0.15) is 50.0 Å². The summed E-state index contributed by atoms with van der Waals surface area (Å²) in [5.74, 6) is 2.02. The lowest BCUT2D eigenvalue weighted by Crippen LogP contribution is -2.38. The molecule has 1 aromatic heterocycles. The van der Waals surface area contributed by atoms with E-state index in [0.29, 0.717) is 6.04 Å². The van der Waals surface area contributed by atoms with E-state index in [1.165, 1.54) is 24.8 Å². The van der Waals surface area contributed by atoms with Crippen LogP contribution in [-0.2, 0) is 6.54 Å². The average molecular weight is 342 g/mol. The highest BCUT2D eigenvalue weighted by Gasteiger charge is 2.23. The lowest BCUT2D eigenvalue weighted by atomic mass is 10.1. The summed E-state index contributed by atoms with van der Waals surface area (Å²) in [5, 5.41) is 3.61. The maximum Gasteiger partial charge on any atom is 0.122 e. The summed E-state index contributed by atoms with van der Waals surface area (Å²) in [7, 11) is 0. The number of furan rings is 1. The molecule has 1 atom stereocenters. The third-order valence-electron chi connectivity index (χ3n) is 4.77. The van der Waals surface area contributed by atoms with Crippen molar-refractivity contribution < 1.29 is 9.15 Å². The van der Waals surface area contributed by atoms with Crippen LogP contribution in [0.2, 0.25) is 0 Å². The minimum atomic E-state index is 0.322. The van der Waals surface area contributed by atoms with Gasteiger partial charge in [0.2, 0.25) is 0 Å². The fraction of sp³-hybridized carbons (Fsp3) is 0.524. The van der Waals surface area contributed by atoms with E-state index in [1.54, 1.807) is 6.26 Å². The zero-order valence-electron chi connectivity index (χ0n) is 15.2. The quantitative estimate of drug-likeness (QED) is 0.733. The van der Waals surface area contributed by atoms with E-state index in [1.807, 2.05) is 6.07 Å². The second-order valence-corrected chi connectivity index (χ2v) is 6.75. The molecule has 1 fully saturated rings. The summed E-state index contributed by atoms with van der Waals surface area (Å²) >= 11 is 0. The Morgan fingerprint density at radius 1 is 1.12 bits per heavy atom. The minimum Gasteiger partial charge on any atom is -0.494 e. The van der Waals surface area contributed by atoms with Crippen LogP contribution < -0.4 is 10.1 Å². The van der Waals surface area contributed by atoms with Gasteiger partial charge in [0.05, 0.1) is 18.9 Å². The van der Waals surface area contributed by atoms with Gasteiger partial charge in [-0.25, -0.2) is 0 Å². The van der Waals surface area contributed by atoms with Gasteiger partial charge >= 0.3 is 0 Å². The van der Waals surface area contributed by atoms with Gasteiger partial charge < -0.3 is 14.5 Å². The van der Waals surface area contributed by atoms with Gasteiger partial charge in [-0.05, 0) is 62.2 Å². The van der Waals surface area contributed by atoms with Gasteiger partial charge in [0.25, 0.3) is 0 Å². The molecular weight excluding hydrogens is 312 g/mol. The van der Waals surface area contributed by atoms with E-state index >= 15 is 0 Å². The van der Waals surface area contributed by atoms with Crippen LogP contribution in [-0.4, -0.2) is 31.1 Å². The molecular formula is C21H30N2O2. The van der Waals surface area contributed by atoms with E-state index < -0.39 is 0 Å². The predicted octanol–water partition coefficient (Wildman–Crippen LogP) is 4.39. The van der Waals surface area contributed by atoms with E-state index in [0.717, 1.165) is 50.7 Å². The summed E-state index contributed by atoms with van der Waals surface area (Å²) in [6.07, 6.45) is 6.74. The van der Waals surface area contributed by atoms with Gasteiger partial charge in [-0.2, -0.15) is 0 Å². The third kappa shape index (κ3) is 5.35. The number of hydrogen-bond acceptors (Lipinski definition) is 4. The maximum absolute atomic E-state index is 5.71. The number of nitrogens with zero attached hydrogens (tertiary/aromatic N) is 1. The van der Waals surface area contributed by atoms with Crippen molar-refractivity contribution in [3.63, 3.8) is 0 Å². The first kappa shape index (κ1) is 18.0. The molecule has 25 heavy (non-hydrogen) atoms. The van der Waals surface area contributed by atoms with E-state index in [4.69, 9.17) is 9.15 Å². The number of rotatable bonds is 9. The molecule has 0 aliphatic carbocycles. The minimum absolute atomic E-state index is 0.322. The van der Waals surface area contributed by atoms with Crippen LogP contribution in [0.15, 0.2) is 47.1 Å². The summed E-state index contributed by atoms with van der Waals surface area (Å²) < 4.78 is 11.3. The second kappa shape index (κ2) is 9.64. The number of likely N-dealkylation sites (tertiary alicyclic amines) is 1. The molecule has 1 aliphatic rings. The monoisotopic (exact) mass is 342 g/mol. The van der Waals surface area contributed by atoms with E-state index in [9.17, 15) is 0 Å². The van der Waals surface area contributed by atoms with Crippen molar-refractivity contribution in [3.8, 4) is 5.75 Å². The van der Waals surface area contributed by atoms with Crippen LogP contribution in [0.5, 0.6) is 5.75 Å². The van der Waals surface area contributed by atoms with Crippen LogP contribution in [0.4, 0.5) is 0 Å². The molecule has 0 amide bonds. The molecule has 1 unspecified atom stereocenters. The highest BCUT2D eigenvalue weighted by molar-refractivity contribution is 5.27. The number of piperidine rings is 1. The molecule has 2 aromatic rings. The van der Waals surface area contributed by atoms with Crippen LogP contribution in [0.3, 0.4) is 0 Å². The predicted molar refractivity (Wildman–Crippen MR) is 101 cm³/mol. The van der Waals surface area contributed by atoms with Gasteiger partial charge in [0.15, 0.2) is 0 Å². The molecule has 0 bridgehead atoms. The lowest BCUT2D eigenvalue weighted by Gasteiger charge is -2.33. The van der Waals surface area contributed by atoms with Crippen LogP contribution >= 0.6 is 0 Å². The molecule has 3 rings (SSSR count). The van der Waals surface area contributed by atoms with Gasteiger partial charge in [-0.3, -0.25) is 4.90 Å². The Morgan fingerprint density at radius 3 is 2.60 bits per heavy atom. The normalized spacial score (nSPS) is 16.7. The molecule has 0 radical (unpaired) electrons. The van der Waals surface area contributed by atoms with E-state index in [-0.39, 0.29) is 0 Å². The molecule has 0 spiro atoms. The Labute approximate surface area is 151 Å². The fourth-order valence-electron chi connectivity index (χ4n) is 3.40. The molecule has 1 aliphatic heterocycles. The van der Waals surface area contributed by atoms with Gasteiger partial charge in [-0.15, -0.1) is 0 Å². The standard InChI is InChI=1S/C21H30N2O2/c1-2-14-24-19-10-8-18(9-11-19)16-22-17-20(21-7-6-15-25-21)23-12-4-3-5-13-23/h6-11,15,20,22H,2-5,12-14,16-17H2,1H3. The topological polar surface area (TPSA) is 37.6 Å².